The molecule has 2 N–H and O–H groups in total. The minimum absolute atomic E-state index is 0.196. The Hall–Kier alpha value is -1.50. The van der Waals surface area contributed by atoms with Crippen LogP contribution in [0.15, 0.2) is 5.57 Å². The van der Waals surface area contributed by atoms with E-state index in [-0.39, 0.29) is 4.99 Å². The molecule has 1 fully saturated rings. The van der Waals surface area contributed by atoms with Crippen LogP contribution in [0.5, 0.6) is 0 Å². The van der Waals surface area contributed by atoms with Gasteiger partial charge in [-0.3, -0.25) is 10.2 Å². The highest BCUT2D eigenvalue weighted by Crippen LogP contribution is 2.36. The lowest BCUT2D eigenvalue weighted by atomic mass is 9.71. The van der Waals surface area contributed by atoms with Crippen LogP contribution in [0.1, 0.15) is 13.8 Å². The number of hydrogen-bond donors (Lipinski definition) is 2. The SMILES string of the molecule is CC1(C)C(=C=N)C(=S)NC(=O)[C@@H]1C#N. The van der Waals surface area contributed by atoms with E-state index in [1.54, 1.807) is 13.8 Å². The molecular formula is C9H9N3OS. The Labute approximate surface area is 87.1 Å². The van der Waals surface area contributed by atoms with Crippen LogP contribution < -0.4 is 5.32 Å². The fourth-order valence-electron chi connectivity index (χ4n) is 1.45. The van der Waals surface area contributed by atoms with Crippen molar-refractivity contribution in [2.24, 2.45) is 11.3 Å². The van der Waals surface area contributed by atoms with Crippen molar-refractivity contribution in [3.63, 3.8) is 0 Å². The number of carbonyl (C=O) groups is 1. The Balaban J connectivity index is 3.30. The predicted octanol–water partition coefficient (Wildman–Crippen LogP) is 0.784. The highest BCUT2D eigenvalue weighted by Gasteiger charge is 2.45. The first-order valence-electron chi connectivity index (χ1n) is 4.00. The van der Waals surface area contributed by atoms with Gasteiger partial charge in [0.2, 0.25) is 5.91 Å². The van der Waals surface area contributed by atoms with Crippen LogP contribution in [0.4, 0.5) is 0 Å². The predicted molar refractivity (Wildman–Crippen MR) is 54.9 cm³/mol. The summed E-state index contributed by atoms with van der Waals surface area (Å²) in [4.78, 5) is 11.6. The molecule has 0 unspecified atom stereocenters. The summed E-state index contributed by atoms with van der Waals surface area (Å²) in [5, 5.41) is 18.3. The van der Waals surface area contributed by atoms with Crippen LogP contribution in [0.25, 0.3) is 0 Å². The van der Waals surface area contributed by atoms with Gasteiger partial charge in [-0.25, -0.2) is 0 Å². The Kier molecular flexibility index (Phi) is 2.52. The summed E-state index contributed by atoms with van der Waals surface area (Å²) >= 11 is 4.89. The largest absolute Gasteiger partial charge is 0.315 e. The lowest BCUT2D eigenvalue weighted by molar-refractivity contribution is -0.124. The van der Waals surface area contributed by atoms with E-state index in [2.05, 4.69) is 11.2 Å². The molecule has 0 aromatic rings. The zero-order valence-corrected chi connectivity index (χ0v) is 8.66. The maximum absolute atomic E-state index is 11.4. The summed E-state index contributed by atoms with van der Waals surface area (Å²) in [7, 11) is 0. The van der Waals surface area contributed by atoms with Gasteiger partial charge in [0.15, 0.2) is 0 Å². The Bertz CT molecular complexity index is 399. The van der Waals surface area contributed by atoms with Gasteiger partial charge in [-0.05, 0) is 5.87 Å². The van der Waals surface area contributed by atoms with E-state index in [1.165, 1.54) is 0 Å². The number of nitrogens with one attached hydrogen (secondary N) is 2. The number of nitriles is 1. The third-order valence-electron chi connectivity index (χ3n) is 2.35. The van der Waals surface area contributed by atoms with Gasteiger partial charge >= 0.3 is 0 Å². The third kappa shape index (κ3) is 1.35. The number of hydrogen-bond acceptors (Lipinski definition) is 4. The molecule has 5 heteroatoms. The van der Waals surface area contributed by atoms with Crippen LogP contribution in [0.3, 0.4) is 0 Å². The van der Waals surface area contributed by atoms with E-state index >= 15 is 0 Å². The highest BCUT2D eigenvalue weighted by molar-refractivity contribution is 7.80. The van der Waals surface area contributed by atoms with Crippen LogP contribution >= 0.6 is 12.2 Å². The number of thiocarbonyl (C=S) groups is 1. The molecule has 1 amide bonds. The molecular weight excluding hydrogens is 198 g/mol. The van der Waals surface area contributed by atoms with Gasteiger partial charge in [0.05, 0.1) is 11.6 Å². The Morgan fingerprint density at radius 3 is 2.64 bits per heavy atom. The fourth-order valence-corrected chi connectivity index (χ4v) is 1.86. The molecule has 1 rings (SSSR count). The van der Waals surface area contributed by atoms with E-state index < -0.39 is 17.2 Å². The minimum Gasteiger partial charge on any atom is -0.315 e. The maximum Gasteiger partial charge on any atom is 0.243 e. The van der Waals surface area contributed by atoms with Gasteiger partial charge in [0, 0.05) is 5.41 Å². The summed E-state index contributed by atoms with van der Waals surface area (Å²) in [6.07, 6.45) is 0. The van der Waals surface area contributed by atoms with Crippen molar-refractivity contribution in [3.8, 4) is 6.07 Å². The first kappa shape index (κ1) is 10.6. The molecule has 1 atom stereocenters. The summed E-state index contributed by atoms with van der Waals surface area (Å²) < 4.78 is 0. The Morgan fingerprint density at radius 2 is 2.21 bits per heavy atom. The van der Waals surface area contributed by atoms with Gasteiger partial charge < -0.3 is 5.32 Å². The molecule has 72 valence electrons. The van der Waals surface area contributed by atoms with E-state index in [1.807, 2.05) is 6.07 Å². The average Bonchev–Trinajstić information content (AvgIpc) is 2.02. The number of amides is 1. The lowest BCUT2D eigenvalue weighted by Gasteiger charge is -2.34. The third-order valence-corrected chi connectivity index (χ3v) is 2.65. The second kappa shape index (κ2) is 3.33. The minimum atomic E-state index is -0.818. The first-order chi connectivity index (χ1) is 6.45. The van der Waals surface area contributed by atoms with Crippen molar-refractivity contribution in [2.75, 3.05) is 0 Å². The molecule has 0 aromatic heterocycles. The quantitative estimate of drug-likeness (QED) is 0.350. The van der Waals surface area contributed by atoms with Gasteiger partial charge in [0.1, 0.15) is 10.9 Å². The molecule has 1 heterocycles. The molecule has 0 aromatic carbocycles. The molecule has 14 heavy (non-hydrogen) atoms. The molecule has 0 aliphatic carbocycles. The number of carbonyl (C=O) groups excluding carboxylic acids is 1. The number of rotatable bonds is 0. The first-order valence-corrected chi connectivity index (χ1v) is 4.41. The van der Waals surface area contributed by atoms with Crippen molar-refractivity contribution >= 4 is 29.0 Å². The smallest absolute Gasteiger partial charge is 0.243 e. The van der Waals surface area contributed by atoms with Gasteiger partial charge in [-0.2, -0.15) is 5.26 Å². The summed E-state index contributed by atoms with van der Waals surface area (Å²) in [5.41, 5.74) is -0.339. The molecule has 0 radical (unpaired) electrons. The number of piperidine rings is 1. The second-order valence-electron chi connectivity index (χ2n) is 3.60. The molecule has 0 spiro atoms. The highest BCUT2D eigenvalue weighted by atomic mass is 32.1. The lowest BCUT2D eigenvalue weighted by Crippen LogP contribution is -2.50. The molecule has 0 bridgehead atoms. The zero-order valence-electron chi connectivity index (χ0n) is 7.84. The summed E-state index contributed by atoms with van der Waals surface area (Å²) in [6, 6.07) is 1.91. The summed E-state index contributed by atoms with van der Waals surface area (Å²) in [6.45, 7) is 3.42. The second-order valence-corrected chi connectivity index (χ2v) is 4.01. The van der Waals surface area contributed by atoms with Crippen molar-refractivity contribution < 1.29 is 4.79 Å². The molecule has 1 aliphatic rings. The fraction of sp³-hybridized carbons (Fsp3) is 0.444. The van der Waals surface area contributed by atoms with E-state index in [4.69, 9.17) is 22.9 Å². The maximum atomic E-state index is 11.4. The zero-order chi connectivity index (χ0) is 10.9. The molecule has 1 aliphatic heterocycles. The summed E-state index contributed by atoms with van der Waals surface area (Å²) in [5.74, 6) is 0.969. The Morgan fingerprint density at radius 1 is 1.64 bits per heavy atom. The number of nitrogens with zero attached hydrogens (tertiary/aromatic N) is 1. The van der Waals surface area contributed by atoms with Crippen molar-refractivity contribution in [1.82, 2.24) is 5.32 Å². The van der Waals surface area contributed by atoms with Crippen molar-refractivity contribution in [3.05, 3.63) is 5.57 Å². The normalized spacial score (nSPS) is 24.9. The van der Waals surface area contributed by atoms with Crippen molar-refractivity contribution in [2.45, 2.75) is 13.8 Å². The van der Waals surface area contributed by atoms with Crippen LogP contribution in [0.2, 0.25) is 0 Å². The van der Waals surface area contributed by atoms with E-state index in [0.717, 1.165) is 0 Å². The standard InChI is InChI=1S/C9H9N3OS/c1-9(2)5(3-10)7(13)12-8(14)6(9)4-11/h5,11H,1-2H3,(H,12,13,14)/t5-/m0/s1. The van der Waals surface area contributed by atoms with Gasteiger partial charge in [0.25, 0.3) is 0 Å². The average molecular weight is 207 g/mol. The van der Waals surface area contributed by atoms with Crippen LogP contribution in [0, 0.1) is 28.1 Å². The van der Waals surface area contributed by atoms with Crippen molar-refractivity contribution in [1.29, 1.82) is 10.7 Å². The van der Waals surface area contributed by atoms with E-state index in [0.29, 0.717) is 5.57 Å². The van der Waals surface area contributed by atoms with Gasteiger partial charge in [-0.1, -0.05) is 26.1 Å². The van der Waals surface area contributed by atoms with Crippen LogP contribution in [-0.2, 0) is 4.79 Å². The molecule has 0 saturated carbocycles. The van der Waals surface area contributed by atoms with Gasteiger partial charge in [-0.15, -0.1) is 0 Å². The van der Waals surface area contributed by atoms with E-state index in [9.17, 15) is 4.79 Å². The molecule has 1 saturated heterocycles. The molecule has 4 nitrogen and oxygen atoms in total. The topological polar surface area (TPSA) is 76.7 Å². The van der Waals surface area contributed by atoms with Crippen LogP contribution in [-0.4, -0.2) is 16.8 Å². The monoisotopic (exact) mass is 207 g/mol.